The van der Waals surface area contributed by atoms with Crippen molar-refractivity contribution in [1.29, 1.82) is 5.26 Å². The Bertz CT molecular complexity index is 432. The van der Waals surface area contributed by atoms with Gasteiger partial charge in [-0.1, -0.05) is 6.07 Å². The molecule has 0 fully saturated rings. The standard InChI is InChI=1S/C11H11NO3/c1-7-9(6-13)3-2-8(5-12)10(7)4-11(14)15/h2-3,13H,4,6H2,1H3,(H,14,15). The smallest absolute Gasteiger partial charge is 0.307 e. The highest BCUT2D eigenvalue weighted by Crippen LogP contribution is 2.19. The number of hydrogen-bond donors (Lipinski definition) is 2. The Kier molecular flexibility index (Phi) is 3.42. The number of nitriles is 1. The fourth-order valence-electron chi connectivity index (χ4n) is 1.46. The number of carbonyl (C=O) groups is 1. The third-order valence-corrected chi connectivity index (χ3v) is 2.33. The van der Waals surface area contributed by atoms with Crippen LogP contribution in [0.3, 0.4) is 0 Å². The van der Waals surface area contributed by atoms with Crippen molar-refractivity contribution in [2.75, 3.05) is 0 Å². The van der Waals surface area contributed by atoms with E-state index in [9.17, 15) is 4.79 Å². The van der Waals surface area contributed by atoms with E-state index in [1.54, 1.807) is 13.0 Å². The van der Waals surface area contributed by atoms with Gasteiger partial charge in [-0.25, -0.2) is 0 Å². The summed E-state index contributed by atoms with van der Waals surface area (Å²) in [6, 6.07) is 5.12. The monoisotopic (exact) mass is 205 g/mol. The summed E-state index contributed by atoms with van der Waals surface area (Å²) < 4.78 is 0. The largest absolute Gasteiger partial charge is 0.481 e. The number of carboxylic acids is 1. The van der Waals surface area contributed by atoms with E-state index in [1.165, 1.54) is 6.07 Å². The van der Waals surface area contributed by atoms with E-state index < -0.39 is 5.97 Å². The first-order chi connectivity index (χ1) is 7.10. The molecule has 0 amide bonds. The van der Waals surface area contributed by atoms with Crippen LogP contribution >= 0.6 is 0 Å². The van der Waals surface area contributed by atoms with Gasteiger partial charge >= 0.3 is 5.97 Å². The minimum atomic E-state index is -0.982. The maximum atomic E-state index is 10.6. The number of nitrogens with zero attached hydrogens (tertiary/aromatic N) is 1. The van der Waals surface area contributed by atoms with Crippen LogP contribution in [0, 0.1) is 18.3 Å². The zero-order chi connectivity index (χ0) is 11.4. The number of rotatable bonds is 3. The molecule has 0 aliphatic carbocycles. The minimum absolute atomic E-state index is 0.149. The fourth-order valence-corrected chi connectivity index (χ4v) is 1.46. The maximum absolute atomic E-state index is 10.6. The first-order valence-electron chi connectivity index (χ1n) is 4.44. The molecule has 4 heteroatoms. The molecule has 0 aliphatic rings. The van der Waals surface area contributed by atoms with E-state index in [-0.39, 0.29) is 13.0 Å². The Morgan fingerprint density at radius 2 is 2.20 bits per heavy atom. The topological polar surface area (TPSA) is 81.3 Å². The van der Waals surface area contributed by atoms with Gasteiger partial charge in [0.05, 0.1) is 24.7 Å². The van der Waals surface area contributed by atoms with Crippen molar-refractivity contribution in [1.82, 2.24) is 0 Å². The van der Waals surface area contributed by atoms with Crippen LogP contribution in [0.5, 0.6) is 0 Å². The van der Waals surface area contributed by atoms with Crippen molar-refractivity contribution in [2.45, 2.75) is 20.0 Å². The molecule has 1 rings (SSSR count). The molecule has 1 aromatic carbocycles. The summed E-state index contributed by atoms with van der Waals surface area (Å²) in [5, 5.41) is 26.5. The molecular formula is C11H11NO3. The highest BCUT2D eigenvalue weighted by atomic mass is 16.4. The molecule has 0 radical (unpaired) electrons. The van der Waals surface area contributed by atoms with Crippen LogP contribution < -0.4 is 0 Å². The fraction of sp³-hybridized carbons (Fsp3) is 0.273. The number of aliphatic carboxylic acids is 1. The molecule has 0 spiro atoms. The molecule has 0 saturated heterocycles. The number of aliphatic hydroxyl groups excluding tert-OH is 1. The highest BCUT2D eigenvalue weighted by Gasteiger charge is 2.12. The SMILES string of the molecule is Cc1c(CO)ccc(C#N)c1CC(=O)O. The Morgan fingerprint density at radius 1 is 1.53 bits per heavy atom. The van der Waals surface area contributed by atoms with E-state index in [4.69, 9.17) is 15.5 Å². The number of benzene rings is 1. The summed E-state index contributed by atoms with van der Waals surface area (Å²) in [5.41, 5.74) is 2.17. The lowest BCUT2D eigenvalue weighted by Gasteiger charge is -2.09. The number of carboxylic acid groups (broad SMARTS) is 1. The molecule has 2 N–H and O–H groups in total. The van der Waals surface area contributed by atoms with Crippen LogP contribution in [0.25, 0.3) is 0 Å². The summed E-state index contributed by atoms with van der Waals surface area (Å²) in [4.78, 5) is 10.6. The van der Waals surface area contributed by atoms with Crippen molar-refractivity contribution >= 4 is 5.97 Å². The molecule has 0 aromatic heterocycles. The average Bonchev–Trinajstić information content (AvgIpc) is 2.20. The van der Waals surface area contributed by atoms with E-state index in [2.05, 4.69) is 0 Å². The van der Waals surface area contributed by atoms with Crippen LogP contribution in [0.1, 0.15) is 22.3 Å². The van der Waals surface area contributed by atoms with Crippen molar-refractivity contribution in [2.24, 2.45) is 0 Å². The van der Waals surface area contributed by atoms with E-state index >= 15 is 0 Å². The molecule has 4 nitrogen and oxygen atoms in total. The summed E-state index contributed by atoms with van der Waals surface area (Å²) in [5.74, 6) is -0.982. The zero-order valence-corrected chi connectivity index (χ0v) is 8.32. The van der Waals surface area contributed by atoms with Gasteiger partial charge in [0.25, 0.3) is 0 Å². The molecule has 78 valence electrons. The molecule has 1 aromatic rings. The third-order valence-electron chi connectivity index (χ3n) is 2.33. The second-order valence-corrected chi connectivity index (χ2v) is 3.22. The maximum Gasteiger partial charge on any atom is 0.307 e. The van der Waals surface area contributed by atoms with Gasteiger partial charge in [0.1, 0.15) is 0 Å². The van der Waals surface area contributed by atoms with Gasteiger partial charge < -0.3 is 10.2 Å². The van der Waals surface area contributed by atoms with Crippen LogP contribution in [-0.4, -0.2) is 16.2 Å². The van der Waals surface area contributed by atoms with Gasteiger partial charge in [-0.3, -0.25) is 4.79 Å². The first-order valence-corrected chi connectivity index (χ1v) is 4.44. The molecule has 0 bridgehead atoms. The van der Waals surface area contributed by atoms with Crippen molar-refractivity contribution in [3.05, 3.63) is 34.4 Å². The van der Waals surface area contributed by atoms with Crippen LogP contribution in [0.4, 0.5) is 0 Å². The molecule has 0 unspecified atom stereocenters. The van der Waals surface area contributed by atoms with Gasteiger partial charge in [0.15, 0.2) is 0 Å². The van der Waals surface area contributed by atoms with Gasteiger partial charge in [-0.2, -0.15) is 5.26 Å². The molecule has 0 atom stereocenters. The Balaban J connectivity index is 3.30. The third kappa shape index (κ3) is 2.33. The first kappa shape index (κ1) is 11.2. The number of aliphatic hydroxyl groups is 1. The van der Waals surface area contributed by atoms with Gasteiger partial charge in [-0.15, -0.1) is 0 Å². The lowest BCUT2D eigenvalue weighted by molar-refractivity contribution is -0.136. The van der Waals surface area contributed by atoms with Crippen molar-refractivity contribution < 1.29 is 15.0 Å². The lowest BCUT2D eigenvalue weighted by atomic mass is 9.95. The Hall–Kier alpha value is -1.86. The van der Waals surface area contributed by atoms with Crippen LogP contribution in [0.2, 0.25) is 0 Å². The molecule has 0 heterocycles. The van der Waals surface area contributed by atoms with E-state index in [0.29, 0.717) is 22.3 Å². The predicted molar refractivity (Wildman–Crippen MR) is 53.2 cm³/mol. The van der Waals surface area contributed by atoms with Gasteiger partial charge in [-0.05, 0) is 29.7 Å². The quantitative estimate of drug-likeness (QED) is 0.770. The Morgan fingerprint density at radius 3 is 2.67 bits per heavy atom. The van der Waals surface area contributed by atoms with Crippen LogP contribution in [-0.2, 0) is 17.8 Å². The Labute approximate surface area is 87.4 Å². The molecule has 15 heavy (non-hydrogen) atoms. The van der Waals surface area contributed by atoms with E-state index in [1.807, 2.05) is 6.07 Å². The van der Waals surface area contributed by atoms with Crippen molar-refractivity contribution in [3.63, 3.8) is 0 Å². The molecule has 0 aliphatic heterocycles. The lowest BCUT2D eigenvalue weighted by Crippen LogP contribution is -2.06. The van der Waals surface area contributed by atoms with Gasteiger partial charge in [0, 0.05) is 0 Å². The zero-order valence-electron chi connectivity index (χ0n) is 8.32. The van der Waals surface area contributed by atoms with Crippen molar-refractivity contribution in [3.8, 4) is 6.07 Å². The van der Waals surface area contributed by atoms with Gasteiger partial charge in [0.2, 0.25) is 0 Å². The average molecular weight is 205 g/mol. The molecular weight excluding hydrogens is 194 g/mol. The minimum Gasteiger partial charge on any atom is -0.481 e. The second-order valence-electron chi connectivity index (χ2n) is 3.22. The molecule has 0 saturated carbocycles. The summed E-state index contributed by atoms with van der Waals surface area (Å²) >= 11 is 0. The highest BCUT2D eigenvalue weighted by molar-refractivity contribution is 5.72. The van der Waals surface area contributed by atoms with E-state index in [0.717, 1.165) is 0 Å². The second kappa shape index (κ2) is 4.58. The number of hydrogen-bond acceptors (Lipinski definition) is 3. The summed E-state index contributed by atoms with van der Waals surface area (Å²) in [7, 11) is 0. The predicted octanol–water partition coefficient (Wildman–Crippen LogP) is 0.986. The summed E-state index contributed by atoms with van der Waals surface area (Å²) in [6.07, 6.45) is -0.192. The normalized spacial score (nSPS) is 9.67. The summed E-state index contributed by atoms with van der Waals surface area (Å²) in [6.45, 7) is 1.56. The van der Waals surface area contributed by atoms with Crippen LogP contribution in [0.15, 0.2) is 12.1 Å².